The van der Waals surface area contributed by atoms with Gasteiger partial charge in [0.2, 0.25) is 5.91 Å². The number of nitrogens with two attached hydrogens (primary N) is 1. The van der Waals surface area contributed by atoms with Crippen molar-refractivity contribution in [3.05, 3.63) is 67.9 Å². The van der Waals surface area contributed by atoms with E-state index in [2.05, 4.69) is 15.5 Å². The number of carboxylic acid groups (broad SMARTS) is 1. The largest absolute Gasteiger partial charge is 0.477 e. The van der Waals surface area contributed by atoms with Crippen molar-refractivity contribution in [1.82, 2.24) is 25.0 Å². The van der Waals surface area contributed by atoms with Crippen LogP contribution in [0.15, 0.2) is 56.3 Å². The van der Waals surface area contributed by atoms with Crippen LogP contribution in [0.1, 0.15) is 11.6 Å². The van der Waals surface area contributed by atoms with E-state index in [9.17, 15) is 29.1 Å². The van der Waals surface area contributed by atoms with Gasteiger partial charge in [0, 0.05) is 18.6 Å². The molecule has 0 radical (unpaired) electrons. The SMILES string of the molecule is Cn1c(SCC2=C(C(=O)O)N3C(=O)C(NC(=O)C(N)c4ccccc4)[C@H]3SC2)n[nH]c(=O)c1=O. The summed E-state index contributed by atoms with van der Waals surface area (Å²) in [5, 5.41) is 18.0. The van der Waals surface area contributed by atoms with E-state index in [1.165, 1.54) is 18.8 Å². The van der Waals surface area contributed by atoms with Gasteiger partial charge >= 0.3 is 17.1 Å². The van der Waals surface area contributed by atoms with Gasteiger partial charge in [-0.2, -0.15) is 0 Å². The van der Waals surface area contributed by atoms with Crippen molar-refractivity contribution >= 4 is 41.3 Å². The monoisotopic (exact) mass is 504 g/mol. The van der Waals surface area contributed by atoms with E-state index in [-0.39, 0.29) is 22.4 Å². The predicted molar refractivity (Wildman–Crippen MR) is 124 cm³/mol. The highest BCUT2D eigenvalue weighted by atomic mass is 32.2. The lowest BCUT2D eigenvalue weighted by Gasteiger charge is -2.49. The summed E-state index contributed by atoms with van der Waals surface area (Å²) in [6.45, 7) is 0. The van der Waals surface area contributed by atoms with Crippen molar-refractivity contribution in [2.24, 2.45) is 12.8 Å². The van der Waals surface area contributed by atoms with Crippen LogP contribution < -0.4 is 22.2 Å². The highest BCUT2D eigenvalue weighted by molar-refractivity contribution is 8.01. The lowest BCUT2D eigenvalue weighted by molar-refractivity contribution is -0.150. The smallest absolute Gasteiger partial charge is 0.352 e. The average molecular weight is 505 g/mol. The second kappa shape index (κ2) is 9.48. The number of thioether (sulfide) groups is 2. The zero-order valence-electron chi connectivity index (χ0n) is 17.8. The van der Waals surface area contributed by atoms with Gasteiger partial charge in [0.15, 0.2) is 5.16 Å². The minimum Gasteiger partial charge on any atom is -0.477 e. The van der Waals surface area contributed by atoms with Crippen molar-refractivity contribution in [3.8, 4) is 0 Å². The van der Waals surface area contributed by atoms with E-state index in [4.69, 9.17) is 5.73 Å². The van der Waals surface area contributed by atoms with Gasteiger partial charge in [-0.1, -0.05) is 42.1 Å². The van der Waals surface area contributed by atoms with Crippen LogP contribution in [0.5, 0.6) is 0 Å². The topological polar surface area (TPSA) is 180 Å². The molecule has 3 heterocycles. The molecule has 3 atom stereocenters. The second-order valence-corrected chi connectivity index (χ2v) is 9.58. The number of hydrogen-bond donors (Lipinski definition) is 4. The quantitative estimate of drug-likeness (QED) is 0.207. The first-order chi connectivity index (χ1) is 16.2. The van der Waals surface area contributed by atoms with Crippen LogP contribution in [0.25, 0.3) is 0 Å². The third-order valence-corrected chi connectivity index (χ3v) is 7.86. The maximum absolute atomic E-state index is 12.8. The number of hydrogen-bond acceptors (Lipinski definition) is 9. The maximum atomic E-state index is 12.8. The number of aliphatic carboxylic acids is 1. The van der Waals surface area contributed by atoms with E-state index >= 15 is 0 Å². The van der Waals surface area contributed by atoms with Crippen LogP contribution in [0, 0.1) is 0 Å². The number of amides is 2. The summed E-state index contributed by atoms with van der Waals surface area (Å²) in [6.07, 6.45) is 0. The molecule has 178 valence electrons. The van der Waals surface area contributed by atoms with Crippen molar-refractivity contribution in [3.63, 3.8) is 0 Å². The van der Waals surface area contributed by atoms with Crippen LogP contribution >= 0.6 is 23.5 Å². The van der Waals surface area contributed by atoms with Crippen LogP contribution in [-0.2, 0) is 21.4 Å². The molecule has 5 N–H and O–H groups in total. The number of carbonyl (C=O) groups excluding carboxylic acids is 2. The molecule has 0 spiro atoms. The number of aromatic nitrogens is 3. The highest BCUT2D eigenvalue weighted by Gasteiger charge is 2.54. The van der Waals surface area contributed by atoms with Crippen molar-refractivity contribution < 1.29 is 19.5 Å². The molecule has 12 nitrogen and oxygen atoms in total. The fourth-order valence-electron chi connectivity index (χ4n) is 3.59. The molecule has 2 aromatic rings. The number of benzene rings is 1. The fourth-order valence-corrected chi connectivity index (χ4v) is 5.99. The molecule has 0 bridgehead atoms. The summed E-state index contributed by atoms with van der Waals surface area (Å²) in [7, 11) is 1.39. The lowest BCUT2D eigenvalue weighted by Crippen LogP contribution is -2.71. The summed E-state index contributed by atoms with van der Waals surface area (Å²) in [5.74, 6) is -1.93. The molecule has 1 aromatic heterocycles. The Bertz CT molecular complexity index is 1310. The van der Waals surface area contributed by atoms with Gasteiger partial charge in [-0.3, -0.25) is 28.6 Å². The van der Waals surface area contributed by atoms with Crippen LogP contribution in [0.2, 0.25) is 0 Å². The third-order valence-electron chi connectivity index (χ3n) is 5.40. The minimum atomic E-state index is -1.27. The molecule has 34 heavy (non-hydrogen) atoms. The Hall–Kier alpha value is -3.36. The molecule has 1 fully saturated rings. The maximum Gasteiger partial charge on any atom is 0.352 e. The van der Waals surface area contributed by atoms with Gasteiger partial charge in [-0.15, -0.1) is 16.9 Å². The highest BCUT2D eigenvalue weighted by Crippen LogP contribution is 2.41. The Morgan fingerprint density at radius 1 is 1.32 bits per heavy atom. The average Bonchev–Trinajstić information content (AvgIpc) is 2.84. The lowest BCUT2D eigenvalue weighted by atomic mass is 10.0. The summed E-state index contributed by atoms with van der Waals surface area (Å²) in [6, 6.07) is 6.85. The van der Waals surface area contributed by atoms with E-state index in [0.717, 1.165) is 21.2 Å². The van der Waals surface area contributed by atoms with Gasteiger partial charge in [0.05, 0.1) is 0 Å². The molecule has 4 rings (SSSR count). The molecule has 0 aliphatic carbocycles. The first-order valence-electron chi connectivity index (χ1n) is 10.00. The van der Waals surface area contributed by atoms with E-state index in [0.29, 0.717) is 11.1 Å². The fraction of sp³-hybridized carbons (Fsp3) is 0.300. The molecule has 2 unspecified atom stereocenters. The van der Waals surface area contributed by atoms with Crippen molar-refractivity contribution in [2.75, 3.05) is 11.5 Å². The summed E-state index contributed by atoms with van der Waals surface area (Å²) in [5.41, 5.74) is 5.25. The number of carboxylic acids is 1. The number of nitrogens with one attached hydrogen (secondary N) is 2. The number of carbonyl (C=O) groups is 3. The first-order valence-corrected chi connectivity index (χ1v) is 12.0. The molecule has 1 saturated heterocycles. The Balaban J connectivity index is 1.49. The molecule has 14 heteroatoms. The Labute approximate surface area is 200 Å². The van der Waals surface area contributed by atoms with Gasteiger partial charge in [0.1, 0.15) is 23.2 Å². The molecule has 2 amide bonds. The van der Waals surface area contributed by atoms with E-state index in [1.807, 2.05) is 0 Å². The van der Waals surface area contributed by atoms with Gasteiger partial charge in [0.25, 0.3) is 5.91 Å². The summed E-state index contributed by atoms with van der Waals surface area (Å²) < 4.78 is 1.07. The van der Waals surface area contributed by atoms with Gasteiger partial charge in [-0.05, 0) is 11.1 Å². The number of β-lactam (4-membered cyclic amide) rings is 1. The van der Waals surface area contributed by atoms with Gasteiger partial charge in [-0.25, -0.2) is 9.89 Å². The zero-order valence-corrected chi connectivity index (χ0v) is 19.4. The normalized spacial score (nSPS) is 20.4. The number of nitrogens with zero attached hydrogens (tertiary/aromatic N) is 3. The summed E-state index contributed by atoms with van der Waals surface area (Å²) >= 11 is 2.38. The first kappa shape index (κ1) is 23.8. The second-order valence-electron chi connectivity index (χ2n) is 7.53. The number of fused-ring (bicyclic) bond motifs is 1. The summed E-state index contributed by atoms with van der Waals surface area (Å²) in [4.78, 5) is 61.7. The van der Waals surface area contributed by atoms with Crippen molar-refractivity contribution in [1.29, 1.82) is 0 Å². The Morgan fingerprint density at radius 3 is 2.71 bits per heavy atom. The van der Waals surface area contributed by atoms with Crippen LogP contribution in [0.4, 0.5) is 0 Å². The molecular weight excluding hydrogens is 484 g/mol. The van der Waals surface area contributed by atoms with Gasteiger partial charge < -0.3 is 16.2 Å². The standard InChI is InChI=1S/C20H20N6O6S2/c1-25-17(30)15(28)23-24-20(25)34-8-10-7-33-18-12(16(29)26(18)13(10)19(31)32)22-14(27)11(21)9-5-3-2-4-6-9/h2-6,11-12,18H,7-8,21H2,1H3,(H,22,27)(H,23,28)(H,31,32)/t11?,12?,18-/m1/s1. The number of rotatable bonds is 7. The van der Waals surface area contributed by atoms with E-state index < -0.39 is 46.4 Å². The molecular formula is C20H20N6O6S2. The predicted octanol–water partition coefficient (Wildman–Crippen LogP) is -1.00. The number of H-pyrrole nitrogens is 1. The minimum absolute atomic E-state index is 0.132. The third kappa shape index (κ3) is 4.26. The van der Waals surface area contributed by atoms with E-state index in [1.54, 1.807) is 30.3 Å². The zero-order chi connectivity index (χ0) is 24.6. The van der Waals surface area contributed by atoms with Crippen LogP contribution in [0.3, 0.4) is 0 Å². The molecule has 1 aromatic carbocycles. The molecule has 0 saturated carbocycles. The Morgan fingerprint density at radius 2 is 2.03 bits per heavy atom. The van der Waals surface area contributed by atoms with Crippen LogP contribution in [-0.4, -0.2) is 65.5 Å². The number of aromatic amines is 1. The van der Waals surface area contributed by atoms with Crippen molar-refractivity contribution in [2.45, 2.75) is 22.6 Å². The molecule has 2 aliphatic heterocycles. The molecule has 2 aliphatic rings. The Kier molecular flexibility index (Phi) is 6.63.